The molecule has 1 saturated heterocycles. The van der Waals surface area contributed by atoms with Gasteiger partial charge in [0, 0.05) is 31.9 Å². The zero-order valence-electron chi connectivity index (χ0n) is 13.9. The van der Waals surface area contributed by atoms with Crippen molar-refractivity contribution in [1.29, 1.82) is 0 Å². The van der Waals surface area contributed by atoms with Crippen molar-refractivity contribution < 1.29 is 9.90 Å². The Morgan fingerprint density at radius 3 is 2.79 bits per heavy atom. The van der Waals surface area contributed by atoms with E-state index in [9.17, 15) is 9.90 Å². The second-order valence-electron chi connectivity index (χ2n) is 6.37. The number of carbonyl (C=O) groups excluding carboxylic acids is 1. The van der Waals surface area contributed by atoms with Gasteiger partial charge in [-0.2, -0.15) is 0 Å². The summed E-state index contributed by atoms with van der Waals surface area (Å²) >= 11 is 0. The van der Waals surface area contributed by atoms with Gasteiger partial charge in [-0.05, 0) is 44.0 Å². The highest BCUT2D eigenvalue weighted by Gasteiger charge is 2.22. The van der Waals surface area contributed by atoms with E-state index in [1.165, 1.54) is 0 Å². The molecule has 1 amide bonds. The highest BCUT2D eigenvalue weighted by atomic mass is 16.3. The summed E-state index contributed by atoms with van der Waals surface area (Å²) in [7, 11) is 0. The van der Waals surface area contributed by atoms with E-state index in [2.05, 4.69) is 15.2 Å². The fourth-order valence-corrected chi connectivity index (χ4v) is 3.05. The molecule has 0 unspecified atom stereocenters. The van der Waals surface area contributed by atoms with Crippen molar-refractivity contribution >= 4 is 5.91 Å². The zero-order valence-corrected chi connectivity index (χ0v) is 13.9. The van der Waals surface area contributed by atoms with E-state index in [1.54, 1.807) is 18.2 Å². The summed E-state index contributed by atoms with van der Waals surface area (Å²) in [6.45, 7) is 4.62. The average Bonchev–Trinajstić information content (AvgIpc) is 2.59. The number of carbonyl (C=O) groups is 1. The second kappa shape index (κ2) is 7.45. The van der Waals surface area contributed by atoms with E-state index in [4.69, 9.17) is 0 Å². The number of phenols is 1. The first-order chi connectivity index (χ1) is 11.6. The molecule has 1 aliphatic heterocycles. The number of aryl methyl sites for hydroxylation is 1. The Hall–Kier alpha value is -2.40. The number of nitrogens with zero attached hydrogens (tertiary/aromatic N) is 2. The van der Waals surface area contributed by atoms with Crippen molar-refractivity contribution in [1.82, 2.24) is 15.2 Å². The predicted octanol–water partition coefficient (Wildman–Crippen LogP) is 2.49. The van der Waals surface area contributed by atoms with Crippen LogP contribution in [0, 0.1) is 6.92 Å². The van der Waals surface area contributed by atoms with Crippen molar-refractivity contribution in [2.45, 2.75) is 32.4 Å². The Kier molecular flexibility index (Phi) is 5.11. The monoisotopic (exact) mass is 325 g/mol. The maximum Gasteiger partial charge on any atom is 0.255 e. The predicted molar refractivity (Wildman–Crippen MR) is 92.8 cm³/mol. The summed E-state index contributed by atoms with van der Waals surface area (Å²) in [5.41, 5.74) is 2.39. The third kappa shape index (κ3) is 4.11. The van der Waals surface area contributed by atoms with Crippen LogP contribution in [0.25, 0.3) is 0 Å². The summed E-state index contributed by atoms with van der Waals surface area (Å²) in [6.07, 6.45) is 3.63. The fraction of sp³-hybridized carbons (Fsp3) is 0.368. The largest absolute Gasteiger partial charge is 0.507 e. The molecule has 5 heteroatoms. The van der Waals surface area contributed by atoms with Gasteiger partial charge in [-0.15, -0.1) is 0 Å². The summed E-state index contributed by atoms with van der Waals surface area (Å²) in [4.78, 5) is 19.1. The van der Waals surface area contributed by atoms with Gasteiger partial charge in [0.15, 0.2) is 0 Å². The third-order valence-corrected chi connectivity index (χ3v) is 4.43. The number of benzene rings is 1. The summed E-state index contributed by atoms with van der Waals surface area (Å²) < 4.78 is 0. The number of hydrogen-bond acceptors (Lipinski definition) is 4. The average molecular weight is 325 g/mol. The first-order valence-electron chi connectivity index (χ1n) is 8.34. The molecule has 0 spiro atoms. The summed E-state index contributed by atoms with van der Waals surface area (Å²) in [6, 6.07) is 11.2. The maximum atomic E-state index is 12.4. The molecule has 5 nitrogen and oxygen atoms in total. The standard InChI is InChI=1S/C19H23N3O2/c1-14-5-6-18(23)17(12-14)19(24)21-15-7-10-22(11-8-15)13-16-4-2-3-9-20-16/h2-6,9,12,15,23H,7-8,10-11,13H2,1H3,(H,21,24). The van der Waals surface area contributed by atoms with Gasteiger partial charge in [-0.3, -0.25) is 14.7 Å². The van der Waals surface area contributed by atoms with Crippen LogP contribution in [-0.2, 0) is 6.54 Å². The smallest absolute Gasteiger partial charge is 0.255 e. The van der Waals surface area contributed by atoms with Gasteiger partial charge in [0.25, 0.3) is 5.91 Å². The number of aromatic hydroxyl groups is 1. The van der Waals surface area contributed by atoms with Crippen LogP contribution < -0.4 is 5.32 Å². The van der Waals surface area contributed by atoms with Crippen LogP contribution in [0.15, 0.2) is 42.6 Å². The molecule has 2 heterocycles. The van der Waals surface area contributed by atoms with Gasteiger partial charge < -0.3 is 10.4 Å². The van der Waals surface area contributed by atoms with Gasteiger partial charge >= 0.3 is 0 Å². The van der Waals surface area contributed by atoms with E-state index in [1.807, 2.05) is 31.3 Å². The lowest BCUT2D eigenvalue weighted by Crippen LogP contribution is -2.44. The number of pyridine rings is 1. The maximum absolute atomic E-state index is 12.4. The van der Waals surface area contributed by atoms with Crippen molar-refractivity contribution in [2.24, 2.45) is 0 Å². The number of aromatic nitrogens is 1. The lowest BCUT2D eigenvalue weighted by Gasteiger charge is -2.32. The lowest BCUT2D eigenvalue weighted by atomic mass is 10.0. The minimum Gasteiger partial charge on any atom is -0.507 e. The highest BCUT2D eigenvalue weighted by Crippen LogP contribution is 2.19. The molecule has 24 heavy (non-hydrogen) atoms. The fourth-order valence-electron chi connectivity index (χ4n) is 3.05. The molecule has 0 bridgehead atoms. The van der Waals surface area contributed by atoms with E-state index in [0.29, 0.717) is 5.56 Å². The summed E-state index contributed by atoms with van der Waals surface area (Å²) in [5, 5.41) is 12.9. The van der Waals surface area contributed by atoms with Crippen molar-refractivity contribution in [2.75, 3.05) is 13.1 Å². The molecule has 1 aromatic heterocycles. The first-order valence-corrected chi connectivity index (χ1v) is 8.34. The van der Waals surface area contributed by atoms with E-state index >= 15 is 0 Å². The Balaban J connectivity index is 1.52. The van der Waals surface area contributed by atoms with Crippen LogP contribution in [0.1, 0.15) is 34.5 Å². The van der Waals surface area contributed by atoms with E-state index < -0.39 is 0 Å². The van der Waals surface area contributed by atoms with Crippen LogP contribution in [0.5, 0.6) is 5.75 Å². The van der Waals surface area contributed by atoms with E-state index in [-0.39, 0.29) is 17.7 Å². The zero-order chi connectivity index (χ0) is 16.9. The molecular weight excluding hydrogens is 302 g/mol. The van der Waals surface area contributed by atoms with Gasteiger partial charge in [0.1, 0.15) is 5.75 Å². The van der Waals surface area contributed by atoms with Gasteiger partial charge in [-0.25, -0.2) is 0 Å². The topological polar surface area (TPSA) is 65.5 Å². The Morgan fingerprint density at radius 2 is 2.08 bits per heavy atom. The molecule has 0 aliphatic carbocycles. The molecule has 2 aromatic rings. The first kappa shape index (κ1) is 16.5. The van der Waals surface area contributed by atoms with Gasteiger partial charge in [-0.1, -0.05) is 17.7 Å². The number of likely N-dealkylation sites (tertiary alicyclic amines) is 1. The highest BCUT2D eigenvalue weighted by molar-refractivity contribution is 5.97. The Bertz CT molecular complexity index is 695. The third-order valence-electron chi connectivity index (χ3n) is 4.43. The van der Waals surface area contributed by atoms with Crippen molar-refractivity contribution in [3.05, 3.63) is 59.4 Å². The number of rotatable bonds is 4. The minimum absolute atomic E-state index is 0.0330. The molecule has 0 radical (unpaired) electrons. The number of nitrogens with one attached hydrogen (secondary N) is 1. The number of hydrogen-bond donors (Lipinski definition) is 2. The molecule has 1 fully saturated rings. The van der Waals surface area contributed by atoms with Crippen LogP contribution in [0.3, 0.4) is 0 Å². The Morgan fingerprint density at radius 1 is 1.29 bits per heavy atom. The van der Waals surface area contributed by atoms with Crippen LogP contribution in [0.2, 0.25) is 0 Å². The van der Waals surface area contributed by atoms with Crippen molar-refractivity contribution in [3.8, 4) is 5.75 Å². The molecule has 2 N–H and O–H groups in total. The molecule has 3 rings (SSSR count). The molecule has 126 valence electrons. The minimum atomic E-state index is -0.195. The SMILES string of the molecule is Cc1ccc(O)c(C(=O)NC2CCN(Cc3ccccn3)CC2)c1. The molecule has 0 saturated carbocycles. The molecule has 1 aromatic carbocycles. The second-order valence-corrected chi connectivity index (χ2v) is 6.37. The molecule has 1 aliphatic rings. The van der Waals surface area contributed by atoms with Gasteiger partial charge in [0.2, 0.25) is 0 Å². The normalized spacial score (nSPS) is 16.0. The quantitative estimate of drug-likeness (QED) is 0.906. The van der Waals surface area contributed by atoms with Crippen molar-refractivity contribution in [3.63, 3.8) is 0 Å². The molecular formula is C19H23N3O2. The van der Waals surface area contributed by atoms with Gasteiger partial charge in [0.05, 0.1) is 11.3 Å². The summed E-state index contributed by atoms with van der Waals surface area (Å²) in [5.74, 6) is -0.162. The Labute approximate surface area is 142 Å². The number of piperidine rings is 1. The van der Waals surface area contributed by atoms with E-state index in [0.717, 1.165) is 43.7 Å². The van der Waals surface area contributed by atoms with Crippen LogP contribution in [-0.4, -0.2) is 40.0 Å². The number of phenolic OH excluding ortho intramolecular Hbond substituents is 1. The molecule has 0 atom stereocenters. The van der Waals surface area contributed by atoms with Crippen LogP contribution >= 0.6 is 0 Å². The van der Waals surface area contributed by atoms with Crippen LogP contribution in [0.4, 0.5) is 0 Å². The lowest BCUT2D eigenvalue weighted by molar-refractivity contribution is 0.0906. The number of amides is 1.